The van der Waals surface area contributed by atoms with Gasteiger partial charge in [0.15, 0.2) is 5.65 Å². The van der Waals surface area contributed by atoms with Crippen molar-refractivity contribution in [2.45, 2.75) is 54.6 Å². The zero-order valence-corrected chi connectivity index (χ0v) is 27.2. The molecule has 0 unspecified atom stereocenters. The molecule has 1 amide bonds. The number of likely N-dealkylation sites (tertiary alicyclic amines) is 1. The Morgan fingerprint density at radius 3 is 2.76 bits per heavy atom. The third-order valence-electron chi connectivity index (χ3n) is 9.04. The normalized spacial score (nSPS) is 19.1. The molecular weight excluding hydrogens is 658 g/mol. The van der Waals surface area contributed by atoms with Crippen molar-refractivity contribution >= 4 is 29.0 Å². The van der Waals surface area contributed by atoms with Gasteiger partial charge in [0.25, 0.3) is 5.91 Å². The molecule has 1 N–H and O–H groups in total. The third kappa shape index (κ3) is 6.88. The molecule has 5 aromatic rings. The second-order valence-electron chi connectivity index (χ2n) is 12.3. The summed E-state index contributed by atoms with van der Waals surface area (Å²) in [5, 5.41) is 21.0. The number of anilines is 1. The van der Waals surface area contributed by atoms with Crippen molar-refractivity contribution < 1.29 is 27.8 Å². The summed E-state index contributed by atoms with van der Waals surface area (Å²) in [5.74, 6) is -0.548. The number of benzene rings is 1. The van der Waals surface area contributed by atoms with Crippen LogP contribution in [0.5, 0.6) is 5.75 Å². The summed E-state index contributed by atoms with van der Waals surface area (Å²) in [7, 11) is 0. The number of piperidine rings is 1. The molecule has 4 aromatic heterocycles. The first-order chi connectivity index (χ1) is 24.0. The highest BCUT2D eigenvalue weighted by molar-refractivity contribution is 8.00. The average molecular weight is 693 g/mol. The van der Waals surface area contributed by atoms with E-state index < -0.39 is 12.5 Å². The summed E-state index contributed by atoms with van der Waals surface area (Å²) in [6.07, 6.45) is 11.3. The van der Waals surface area contributed by atoms with E-state index in [-0.39, 0.29) is 34.8 Å². The standard InChI is InChI=1S/C32H34F2N10O4S/c33-32(34)48-28-3-2-23(49-24-18-47-19-24)12-25(28)29-27(37-31(45)26-13-36-43-8-1-7-35-30(26)43)16-42(39-29)14-20-15-44(40-38-20)21-4-9-41(10-5-21)22-6-11-46-17-22/h1-3,7-8,12-13,15-16,21-22,24,32H,4-6,9-11,14,17-19H2,(H,37,45)/t22-/m1/s1. The predicted octanol–water partition coefficient (Wildman–Crippen LogP) is 4.00. The van der Waals surface area contributed by atoms with E-state index in [1.807, 2.05) is 10.9 Å². The van der Waals surface area contributed by atoms with Crippen LogP contribution >= 0.6 is 11.8 Å². The van der Waals surface area contributed by atoms with Gasteiger partial charge in [-0.25, -0.2) is 14.2 Å². The van der Waals surface area contributed by atoms with Gasteiger partial charge in [-0.3, -0.25) is 14.4 Å². The number of hydrogen-bond acceptors (Lipinski definition) is 11. The molecule has 3 fully saturated rings. The number of thioether (sulfide) groups is 1. The Labute approximate surface area is 283 Å². The molecular formula is C32H34F2N10O4S. The van der Waals surface area contributed by atoms with Crippen molar-refractivity contribution in [1.82, 2.24) is 44.3 Å². The van der Waals surface area contributed by atoms with Gasteiger partial charge in [0.05, 0.1) is 55.7 Å². The number of aromatic nitrogens is 8. The molecule has 0 radical (unpaired) electrons. The van der Waals surface area contributed by atoms with E-state index in [0.717, 1.165) is 50.5 Å². The van der Waals surface area contributed by atoms with Crippen LogP contribution in [-0.4, -0.2) is 108 Å². The maximum Gasteiger partial charge on any atom is 0.387 e. The highest BCUT2D eigenvalue weighted by Crippen LogP contribution is 2.40. The van der Waals surface area contributed by atoms with Crippen LogP contribution in [0, 0.1) is 0 Å². The first kappa shape index (κ1) is 31.8. The van der Waals surface area contributed by atoms with Crippen molar-refractivity contribution in [3.05, 3.63) is 66.5 Å². The zero-order chi connectivity index (χ0) is 33.3. The molecule has 0 spiro atoms. The fraction of sp³-hybridized carbons (Fsp3) is 0.438. The summed E-state index contributed by atoms with van der Waals surface area (Å²) in [6, 6.07) is 7.42. The Morgan fingerprint density at radius 1 is 1.10 bits per heavy atom. The fourth-order valence-corrected chi connectivity index (χ4v) is 7.51. The number of nitrogens with zero attached hydrogens (tertiary/aromatic N) is 9. The maximum atomic E-state index is 13.6. The number of hydrogen-bond donors (Lipinski definition) is 1. The van der Waals surface area contributed by atoms with E-state index in [0.29, 0.717) is 41.8 Å². The quantitative estimate of drug-likeness (QED) is 0.215. The molecule has 1 atom stereocenters. The van der Waals surface area contributed by atoms with Crippen LogP contribution in [0.15, 0.2) is 60.1 Å². The van der Waals surface area contributed by atoms with Crippen LogP contribution < -0.4 is 10.1 Å². The van der Waals surface area contributed by atoms with Crippen molar-refractivity contribution in [3.63, 3.8) is 0 Å². The Kier molecular flexibility index (Phi) is 8.96. The zero-order valence-electron chi connectivity index (χ0n) is 26.4. The number of carbonyl (C=O) groups is 1. The summed E-state index contributed by atoms with van der Waals surface area (Å²) in [6.45, 7) is 1.98. The lowest BCUT2D eigenvalue weighted by atomic mass is 10.0. The molecule has 3 aliphatic rings. The van der Waals surface area contributed by atoms with Gasteiger partial charge in [-0.2, -0.15) is 19.0 Å². The Balaban J connectivity index is 1.08. The van der Waals surface area contributed by atoms with Crippen LogP contribution in [0.3, 0.4) is 0 Å². The van der Waals surface area contributed by atoms with Crippen LogP contribution in [0.2, 0.25) is 0 Å². The Bertz CT molecular complexity index is 1930. The summed E-state index contributed by atoms with van der Waals surface area (Å²) in [4.78, 5) is 21.2. The Hall–Kier alpha value is -4.45. The van der Waals surface area contributed by atoms with E-state index in [1.54, 1.807) is 53.2 Å². The monoisotopic (exact) mass is 692 g/mol. The van der Waals surface area contributed by atoms with Gasteiger partial charge in [0.1, 0.15) is 22.7 Å². The van der Waals surface area contributed by atoms with Gasteiger partial charge in [-0.15, -0.1) is 16.9 Å². The summed E-state index contributed by atoms with van der Waals surface area (Å²) in [5.41, 5.74) is 2.15. The molecule has 14 nitrogen and oxygen atoms in total. The van der Waals surface area contributed by atoms with Crippen LogP contribution in [0.4, 0.5) is 14.5 Å². The second kappa shape index (κ2) is 13.8. The first-order valence-corrected chi connectivity index (χ1v) is 17.1. The van der Waals surface area contributed by atoms with Crippen molar-refractivity contribution in [2.75, 3.05) is 44.8 Å². The van der Waals surface area contributed by atoms with E-state index in [2.05, 4.69) is 30.6 Å². The lowest BCUT2D eigenvalue weighted by molar-refractivity contribution is -0.0494. The third-order valence-corrected chi connectivity index (χ3v) is 10.2. The number of rotatable bonds is 11. The Morgan fingerprint density at radius 2 is 1.98 bits per heavy atom. The molecule has 0 saturated carbocycles. The smallest absolute Gasteiger partial charge is 0.387 e. The van der Waals surface area contributed by atoms with Crippen LogP contribution in [0.25, 0.3) is 16.9 Å². The topological polar surface area (TPSA) is 139 Å². The number of fused-ring (bicyclic) bond motifs is 1. The summed E-state index contributed by atoms with van der Waals surface area (Å²) >= 11 is 1.58. The van der Waals surface area contributed by atoms with Gasteiger partial charge in [-0.05, 0) is 43.5 Å². The molecule has 256 valence electrons. The molecule has 3 aliphatic heterocycles. The molecule has 8 rings (SSSR count). The van der Waals surface area contributed by atoms with Crippen molar-refractivity contribution in [3.8, 4) is 17.0 Å². The van der Waals surface area contributed by atoms with Gasteiger partial charge in [-0.1, -0.05) is 5.21 Å². The first-order valence-electron chi connectivity index (χ1n) is 16.2. The van der Waals surface area contributed by atoms with Crippen molar-refractivity contribution in [1.29, 1.82) is 0 Å². The van der Waals surface area contributed by atoms with E-state index in [9.17, 15) is 13.6 Å². The average Bonchev–Trinajstić information content (AvgIpc) is 3.91. The van der Waals surface area contributed by atoms with Gasteiger partial charge in [0.2, 0.25) is 0 Å². The number of carbonyl (C=O) groups excluding carboxylic acids is 1. The number of ether oxygens (including phenoxy) is 3. The SMILES string of the molecule is O=C(Nc1cn(Cc2cn(C3CCN([C@@H]4CCOC4)CC3)nn2)nc1-c1cc(SC2COC2)ccc1OC(F)F)c1cnn2cccnc12. The highest BCUT2D eigenvalue weighted by Gasteiger charge is 2.29. The number of halogens is 2. The molecule has 1 aromatic carbocycles. The molecule has 7 heterocycles. The van der Waals surface area contributed by atoms with E-state index in [4.69, 9.17) is 19.3 Å². The maximum absolute atomic E-state index is 13.6. The lowest BCUT2D eigenvalue weighted by Gasteiger charge is -2.35. The van der Waals surface area contributed by atoms with Crippen LogP contribution in [0.1, 0.15) is 41.4 Å². The predicted molar refractivity (Wildman–Crippen MR) is 174 cm³/mol. The summed E-state index contributed by atoms with van der Waals surface area (Å²) < 4.78 is 48.1. The molecule has 17 heteroatoms. The van der Waals surface area contributed by atoms with Gasteiger partial charge < -0.3 is 19.5 Å². The van der Waals surface area contributed by atoms with Gasteiger partial charge in [0, 0.05) is 54.8 Å². The molecule has 3 saturated heterocycles. The lowest BCUT2D eigenvalue weighted by Crippen LogP contribution is -2.42. The minimum atomic E-state index is -3.06. The molecule has 0 aliphatic carbocycles. The molecule has 0 bridgehead atoms. The minimum absolute atomic E-state index is 0.0657. The van der Waals surface area contributed by atoms with Crippen molar-refractivity contribution in [2.24, 2.45) is 0 Å². The molecule has 49 heavy (non-hydrogen) atoms. The number of amides is 1. The van der Waals surface area contributed by atoms with Gasteiger partial charge >= 0.3 is 6.61 Å². The fourth-order valence-electron chi connectivity index (χ4n) is 6.47. The number of nitrogens with one attached hydrogen (secondary N) is 1. The minimum Gasteiger partial charge on any atom is -0.434 e. The van der Waals surface area contributed by atoms with E-state index in [1.165, 1.54) is 16.8 Å². The number of alkyl halides is 2. The highest BCUT2D eigenvalue weighted by atomic mass is 32.2. The largest absolute Gasteiger partial charge is 0.434 e. The second-order valence-corrected chi connectivity index (χ2v) is 13.7. The van der Waals surface area contributed by atoms with Crippen LogP contribution in [-0.2, 0) is 16.0 Å². The van der Waals surface area contributed by atoms with E-state index >= 15 is 0 Å².